The molecule has 4 aromatic rings. The van der Waals surface area contributed by atoms with Gasteiger partial charge in [-0.2, -0.15) is 0 Å². The number of rotatable bonds is 34. The number of benzene rings is 4. The van der Waals surface area contributed by atoms with E-state index in [0.717, 1.165) is 20.9 Å². The Morgan fingerprint density at radius 3 is 0.716 bits per heavy atom. The first-order valence-corrected chi connectivity index (χ1v) is 54.2. The number of unbranched alkanes of at least 4 members (excludes halogenated alkanes) is 9. The van der Waals surface area contributed by atoms with Gasteiger partial charge in [0.1, 0.15) is 0 Å². The maximum absolute atomic E-state index is 9.27. The van der Waals surface area contributed by atoms with E-state index >= 15 is 0 Å². The van der Waals surface area contributed by atoms with Gasteiger partial charge in [0.15, 0.2) is 0 Å². The minimum Gasteiger partial charge on any atom is -1.00 e. The molecule has 0 heterocycles. The Morgan fingerprint density at radius 1 is 0.324 bits per heavy atom. The molecule has 2 nitrogen and oxygen atoms in total. The van der Waals surface area contributed by atoms with E-state index in [2.05, 4.69) is 174 Å². The Balaban J connectivity index is 0. The number of hydrogen-bond donors (Lipinski definition) is 2. The Hall–Kier alpha value is 2.27. The largest absolute Gasteiger partial charge is 1.00 e. The van der Waals surface area contributed by atoms with Crippen molar-refractivity contribution in [2.75, 3.05) is 0 Å². The third kappa shape index (κ3) is 31.1. The minimum absolute atomic E-state index is 0. The smallest absolute Gasteiger partial charge is 1.00 e. The summed E-state index contributed by atoms with van der Waals surface area (Å²) in [5.74, 6) is 0. The number of alkyl halides is 1. The third-order valence-electron chi connectivity index (χ3n) is 15.6. The van der Waals surface area contributed by atoms with Gasteiger partial charge in [0, 0.05) is 4.47 Å². The van der Waals surface area contributed by atoms with Crippen LogP contribution in [0.2, 0.25) is 39.9 Å². The van der Waals surface area contributed by atoms with Crippen LogP contribution in [0.4, 0.5) is 0 Å². The van der Waals surface area contributed by atoms with Crippen molar-refractivity contribution >= 4 is 97.7 Å². The molecule has 0 spiro atoms. The van der Waals surface area contributed by atoms with E-state index in [-0.39, 0.29) is 81.6 Å². The Morgan fingerprint density at radius 2 is 0.527 bits per heavy atom. The van der Waals surface area contributed by atoms with E-state index in [4.69, 9.17) is 5.11 Å². The van der Waals surface area contributed by atoms with Gasteiger partial charge in [-0.1, -0.05) is 28.1 Å². The molecule has 0 bridgehead atoms. The molecule has 9 heteroatoms. The summed E-state index contributed by atoms with van der Waals surface area (Å²) in [7, 11) is 0. The predicted molar refractivity (Wildman–Crippen MR) is 341 cm³/mol. The molecule has 0 amide bonds. The van der Waals surface area contributed by atoms with Gasteiger partial charge in [-0.05, 0) is 17.7 Å². The fraction of sp³-hybridized carbons (Fsp3) is 0.631. The van der Waals surface area contributed by atoms with E-state index in [1.54, 1.807) is 33.8 Å². The summed E-state index contributed by atoms with van der Waals surface area (Å²) in [6.07, 6.45) is 26.3. The second-order valence-corrected chi connectivity index (χ2v) is 62.5. The van der Waals surface area contributed by atoms with E-state index in [1.165, 1.54) is 146 Å². The van der Waals surface area contributed by atoms with E-state index in [9.17, 15) is 5.11 Å². The number of aliphatic hydroxyl groups excluding tert-OH is 2. The van der Waals surface area contributed by atoms with Crippen LogP contribution in [0.5, 0.6) is 0 Å². The van der Waals surface area contributed by atoms with Crippen LogP contribution < -0.4 is 79.1 Å². The summed E-state index contributed by atoms with van der Waals surface area (Å²) in [5.41, 5.74) is 4.92. The van der Waals surface area contributed by atoms with Gasteiger partial charge in [0.05, 0.1) is 6.61 Å². The van der Waals surface area contributed by atoms with Crippen molar-refractivity contribution in [1.29, 1.82) is 0 Å². The number of hydrogen-bond acceptors (Lipinski definition) is 2. The molecule has 0 radical (unpaired) electrons. The van der Waals surface area contributed by atoms with Gasteiger partial charge in [0.25, 0.3) is 0 Å². The molecular formula is C65H110Br3KO2Sn3. The standard InChI is InChI=1S/C8H9.C7H7BrO.C7H6Br.C7H7O.9C4H9.BrH.K.3Sn/c1-2-8-6-4-3-5-7-8;8-7-3-1-6(5-9)2-4-7;2*8-6-7-4-2-1-3-5-7;9*1-3-4-2;;;;;/h4-7H,2H2,1H3;1-4,9H,5H2;2-5H,6H2;2-5,8H,6H2;9*1,3-4H2,2H3;1H;;;;/q;;;;;;;;;;;;;;+1;;;/p-1. The summed E-state index contributed by atoms with van der Waals surface area (Å²) < 4.78 is 20.4. The quantitative estimate of drug-likeness (QED) is 0.0361. The molecule has 0 saturated heterocycles. The van der Waals surface area contributed by atoms with Crippen molar-refractivity contribution in [2.24, 2.45) is 0 Å². The first-order chi connectivity index (χ1) is 35.0. The molecule has 0 aliphatic carbocycles. The van der Waals surface area contributed by atoms with Gasteiger partial charge in [-0.3, -0.25) is 0 Å². The van der Waals surface area contributed by atoms with Crippen molar-refractivity contribution < 1.29 is 78.6 Å². The van der Waals surface area contributed by atoms with E-state index < -0.39 is 55.1 Å². The molecule has 74 heavy (non-hydrogen) atoms. The zero-order valence-corrected chi connectivity index (χ0v) is 66.1. The average molecular weight is 1560 g/mol. The van der Waals surface area contributed by atoms with Crippen molar-refractivity contribution in [1.82, 2.24) is 0 Å². The monoisotopic (exact) mass is 1560 g/mol. The van der Waals surface area contributed by atoms with Gasteiger partial charge in [-0.25, -0.2) is 0 Å². The summed E-state index contributed by atoms with van der Waals surface area (Å²) >= 11 is 0.336. The van der Waals surface area contributed by atoms with Crippen molar-refractivity contribution in [3.05, 3.63) is 124 Å². The summed E-state index contributed by atoms with van der Waals surface area (Å²) in [6, 6.07) is 36.2. The minimum atomic E-state index is -2.23. The summed E-state index contributed by atoms with van der Waals surface area (Å²) in [5, 5.41) is 18.9. The normalized spacial score (nSPS) is 11.2. The molecule has 0 atom stereocenters. The van der Waals surface area contributed by atoms with E-state index in [1.807, 2.05) is 27.8 Å². The van der Waals surface area contributed by atoms with Gasteiger partial charge < -0.3 is 22.1 Å². The molecule has 4 rings (SSSR count). The van der Waals surface area contributed by atoms with Crippen LogP contribution in [0, 0.1) is 0 Å². The molecule has 0 aliphatic rings. The van der Waals surface area contributed by atoms with Crippen LogP contribution in [-0.2, 0) is 25.0 Å². The third-order valence-corrected chi connectivity index (χ3v) is 63.8. The summed E-state index contributed by atoms with van der Waals surface area (Å²) in [4.78, 5) is 0. The van der Waals surface area contributed by atoms with Crippen LogP contribution in [0.25, 0.3) is 0 Å². The Kier molecular flexibility index (Phi) is 52.8. The molecule has 2 N–H and O–H groups in total. The van der Waals surface area contributed by atoms with Crippen LogP contribution >= 0.6 is 31.9 Å². The number of aryl methyl sites for hydroxylation is 1. The molecule has 4 aromatic carbocycles. The molecule has 0 fully saturated rings. The van der Waals surface area contributed by atoms with Crippen molar-refractivity contribution in [3.63, 3.8) is 0 Å². The van der Waals surface area contributed by atoms with Crippen LogP contribution in [0.3, 0.4) is 0 Å². The maximum atomic E-state index is 9.27. The van der Waals surface area contributed by atoms with Crippen LogP contribution in [-0.4, -0.2) is 65.3 Å². The second kappa shape index (κ2) is 49.8. The zero-order valence-electron chi connectivity index (χ0n) is 49.7. The maximum Gasteiger partial charge on any atom is 1.00 e. The zero-order chi connectivity index (χ0) is 53.4. The van der Waals surface area contributed by atoms with Crippen molar-refractivity contribution in [2.45, 2.75) is 250 Å². The van der Waals surface area contributed by atoms with Crippen molar-refractivity contribution in [3.8, 4) is 0 Å². The molecule has 416 valence electrons. The Labute approximate surface area is 541 Å². The SMILES string of the molecule is CCC[CH2][Sn]([CH2]CCC)([CH2]CCC)[c]1ccc(CBr)cc1.CCC[CH2][Sn]([CH2]CCC)([CH2]CCC)[c]1ccc(CC)cc1.CCC[CH2][Sn]([CH2]CCC)([CH2]CCC)[c]1ccc(CO)cc1.OCc1ccc(Br)cc1.[Br-].[K+]. The molecule has 0 unspecified atom stereocenters. The van der Waals surface area contributed by atoms with E-state index in [0.29, 0.717) is 0 Å². The number of halogens is 3. The summed E-state index contributed by atoms with van der Waals surface area (Å²) in [6.45, 7) is 23.6. The predicted octanol–water partition coefficient (Wildman–Crippen LogP) is 14.1. The molecule has 0 saturated carbocycles. The van der Waals surface area contributed by atoms with Crippen LogP contribution in [0.15, 0.2) is 102 Å². The molecule has 0 aromatic heterocycles. The van der Waals surface area contributed by atoms with Gasteiger partial charge in [-0.15, -0.1) is 0 Å². The topological polar surface area (TPSA) is 40.5 Å². The van der Waals surface area contributed by atoms with Gasteiger partial charge in [0.2, 0.25) is 0 Å². The Bertz CT molecular complexity index is 1600. The average Bonchev–Trinajstić information content (AvgIpc) is 3.43. The first-order valence-electron chi connectivity index (χ1n) is 29.8. The second-order valence-electron chi connectivity index (χ2n) is 21.3. The fourth-order valence-electron chi connectivity index (χ4n) is 10.7. The van der Waals surface area contributed by atoms with Gasteiger partial charge >= 0.3 is 471 Å². The first kappa shape index (κ1) is 78.3. The number of aliphatic hydroxyl groups is 2. The van der Waals surface area contributed by atoms with Crippen LogP contribution in [0.1, 0.15) is 207 Å². The molecular weight excluding hydrogens is 1450 g/mol. The fourth-order valence-corrected chi connectivity index (χ4v) is 59.1. The molecule has 0 aliphatic heterocycles.